The molecule has 0 aromatic heterocycles. The lowest BCUT2D eigenvalue weighted by Gasteiger charge is -2.09. The van der Waals surface area contributed by atoms with E-state index in [9.17, 15) is 0 Å². The third kappa shape index (κ3) is 2.98. The molecule has 2 aromatic rings. The maximum absolute atomic E-state index is 5.77. The summed E-state index contributed by atoms with van der Waals surface area (Å²) in [5.41, 5.74) is 2.19. The molecule has 86 valence electrons. The quantitative estimate of drug-likeness (QED) is 0.794. The van der Waals surface area contributed by atoms with E-state index in [-0.39, 0.29) is 0 Å². The third-order valence-electron chi connectivity index (χ3n) is 2.45. The van der Waals surface area contributed by atoms with Crippen LogP contribution in [0.15, 0.2) is 59.6 Å². The molecule has 0 aliphatic heterocycles. The van der Waals surface area contributed by atoms with Crippen molar-refractivity contribution in [2.45, 2.75) is 6.61 Å². The minimum absolute atomic E-state index is 0.569. The lowest BCUT2D eigenvalue weighted by Crippen LogP contribution is -1.96. The van der Waals surface area contributed by atoms with Crippen LogP contribution in [-0.2, 0) is 6.61 Å². The van der Waals surface area contributed by atoms with Gasteiger partial charge in [-0.05, 0) is 33.1 Å². The van der Waals surface area contributed by atoms with E-state index in [0.29, 0.717) is 6.61 Å². The predicted molar refractivity (Wildman–Crippen MR) is 75.0 cm³/mol. The highest BCUT2D eigenvalue weighted by Gasteiger charge is 2.04. The number of hydrogen-bond donors (Lipinski definition) is 0. The van der Waals surface area contributed by atoms with Gasteiger partial charge in [-0.1, -0.05) is 55.1 Å². The molecule has 2 rings (SSSR count). The Bertz CT molecular complexity index is 506. The van der Waals surface area contributed by atoms with Crippen LogP contribution in [0.3, 0.4) is 0 Å². The summed E-state index contributed by atoms with van der Waals surface area (Å²) in [4.78, 5) is 0. The van der Waals surface area contributed by atoms with Crippen LogP contribution in [0.2, 0.25) is 0 Å². The van der Waals surface area contributed by atoms with E-state index in [2.05, 4.69) is 22.5 Å². The van der Waals surface area contributed by atoms with Gasteiger partial charge < -0.3 is 4.74 Å². The van der Waals surface area contributed by atoms with Gasteiger partial charge in [0.1, 0.15) is 12.4 Å². The van der Waals surface area contributed by atoms with Gasteiger partial charge in [-0.25, -0.2) is 0 Å². The van der Waals surface area contributed by atoms with Gasteiger partial charge in [-0.15, -0.1) is 0 Å². The van der Waals surface area contributed by atoms with E-state index in [4.69, 9.17) is 4.74 Å². The normalized spacial score (nSPS) is 9.94. The molecule has 2 heteroatoms. The molecule has 0 saturated carbocycles. The Labute approximate surface area is 110 Å². The maximum atomic E-state index is 5.77. The van der Waals surface area contributed by atoms with Crippen LogP contribution in [0, 0.1) is 0 Å². The van der Waals surface area contributed by atoms with E-state index < -0.39 is 0 Å². The van der Waals surface area contributed by atoms with Gasteiger partial charge in [-0.3, -0.25) is 0 Å². The predicted octanol–water partition coefficient (Wildman–Crippen LogP) is 4.67. The standard InChI is InChI=1S/C15H13BrO/c1-2-13-9-6-10-14(15(13)16)17-11-12-7-4-3-5-8-12/h2-10H,1,11H2. The lowest BCUT2D eigenvalue weighted by atomic mass is 10.2. The summed E-state index contributed by atoms with van der Waals surface area (Å²) in [6.07, 6.45) is 1.81. The smallest absolute Gasteiger partial charge is 0.134 e. The molecule has 0 fully saturated rings. The number of hydrogen-bond acceptors (Lipinski definition) is 1. The van der Waals surface area contributed by atoms with Gasteiger partial charge in [0.25, 0.3) is 0 Å². The number of ether oxygens (including phenoxy) is 1. The van der Waals surface area contributed by atoms with E-state index in [1.54, 1.807) is 6.08 Å². The summed E-state index contributed by atoms with van der Waals surface area (Å²) >= 11 is 3.52. The van der Waals surface area contributed by atoms with Crippen molar-refractivity contribution in [2.75, 3.05) is 0 Å². The number of rotatable bonds is 4. The zero-order valence-corrected chi connectivity index (χ0v) is 11.0. The molecule has 0 aliphatic rings. The molecule has 0 aliphatic carbocycles. The zero-order valence-electron chi connectivity index (χ0n) is 9.40. The second-order valence-electron chi connectivity index (χ2n) is 3.64. The average Bonchev–Trinajstić information content (AvgIpc) is 2.39. The van der Waals surface area contributed by atoms with Crippen molar-refractivity contribution >= 4 is 22.0 Å². The fourth-order valence-electron chi connectivity index (χ4n) is 1.53. The highest BCUT2D eigenvalue weighted by molar-refractivity contribution is 9.10. The first kappa shape index (κ1) is 11.9. The largest absolute Gasteiger partial charge is 0.488 e. The van der Waals surface area contributed by atoms with Gasteiger partial charge in [0.15, 0.2) is 0 Å². The minimum Gasteiger partial charge on any atom is -0.488 e. The third-order valence-corrected chi connectivity index (χ3v) is 3.30. The summed E-state index contributed by atoms with van der Waals surface area (Å²) in [5, 5.41) is 0. The first-order valence-corrected chi connectivity index (χ1v) is 6.18. The molecule has 0 heterocycles. The molecule has 0 radical (unpaired) electrons. The highest BCUT2D eigenvalue weighted by Crippen LogP contribution is 2.29. The Morgan fingerprint density at radius 3 is 2.53 bits per heavy atom. The second-order valence-corrected chi connectivity index (χ2v) is 4.43. The Kier molecular flexibility index (Phi) is 3.99. The van der Waals surface area contributed by atoms with Crippen molar-refractivity contribution in [3.05, 3.63) is 70.7 Å². The molecule has 0 N–H and O–H groups in total. The molecule has 0 bridgehead atoms. The van der Waals surface area contributed by atoms with Gasteiger partial charge in [0.05, 0.1) is 4.47 Å². The Hall–Kier alpha value is -1.54. The lowest BCUT2D eigenvalue weighted by molar-refractivity contribution is 0.304. The summed E-state index contributed by atoms with van der Waals surface area (Å²) in [7, 11) is 0. The van der Waals surface area contributed by atoms with Crippen LogP contribution in [0.5, 0.6) is 5.75 Å². The molecule has 0 saturated heterocycles. The minimum atomic E-state index is 0.569. The van der Waals surface area contributed by atoms with Crippen LogP contribution < -0.4 is 4.74 Å². The fourth-order valence-corrected chi connectivity index (χ4v) is 2.07. The molecule has 0 amide bonds. The van der Waals surface area contributed by atoms with Crippen molar-refractivity contribution < 1.29 is 4.74 Å². The van der Waals surface area contributed by atoms with Crippen LogP contribution >= 0.6 is 15.9 Å². The summed E-state index contributed by atoms with van der Waals surface area (Å²) in [6, 6.07) is 16.0. The molecule has 0 unspecified atom stereocenters. The van der Waals surface area contributed by atoms with Crippen LogP contribution in [0.25, 0.3) is 6.08 Å². The summed E-state index contributed by atoms with van der Waals surface area (Å²) in [6.45, 7) is 4.34. The Morgan fingerprint density at radius 1 is 1.06 bits per heavy atom. The fraction of sp³-hybridized carbons (Fsp3) is 0.0667. The number of benzene rings is 2. The van der Waals surface area contributed by atoms with Crippen molar-refractivity contribution in [3.8, 4) is 5.75 Å². The van der Waals surface area contributed by atoms with Gasteiger partial charge in [0, 0.05) is 0 Å². The van der Waals surface area contributed by atoms with Crippen molar-refractivity contribution in [2.24, 2.45) is 0 Å². The molecule has 17 heavy (non-hydrogen) atoms. The molecule has 2 aromatic carbocycles. The summed E-state index contributed by atoms with van der Waals surface area (Å²) in [5.74, 6) is 0.839. The van der Waals surface area contributed by atoms with Crippen molar-refractivity contribution in [3.63, 3.8) is 0 Å². The Morgan fingerprint density at radius 2 is 1.82 bits per heavy atom. The highest BCUT2D eigenvalue weighted by atomic mass is 79.9. The zero-order chi connectivity index (χ0) is 12.1. The van der Waals surface area contributed by atoms with E-state index >= 15 is 0 Å². The molecular formula is C15H13BrO. The Balaban J connectivity index is 2.12. The van der Waals surface area contributed by atoms with Crippen molar-refractivity contribution in [1.29, 1.82) is 0 Å². The first-order valence-electron chi connectivity index (χ1n) is 5.39. The van der Waals surface area contributed by atoms with Gasteiger partial charge in [-0.2, -0.15) is 0 Å². The van der Waals surface area contributed by atoms with E-state index in [0.717, 1.165) is 21.3 Å². The average molecular weight is 289 g/mol. The van der Waals surface area contributed by atoms with Crippen LogP contribution in [0.1, 0.15) is 11.1 Å². The van der Waals surface area contributed by atoms with Gasteiger partial charge >= 0.3 is 0 Å². The van der Waals surface area contributed by atoms with Crippen LogP contribution in [-0.4, -0.2) is 0 Å². The molecule has 1 nitrogen and oxygen atoms in total. The second kappa shape index (κ2) is 5.69. The van der Waals surface area contributed by atoms with E-state index in [1.807, 2.05) is 48.5 Å². The topological polar surface area (TPSA) is 9.23 Å². The van der Waals surface area contributed by atoms with Gasteiger partial charge in [0.2, 0.25) is 0 Å². The molecular weight excluding hydrogens is 276 g/mol. The van der Waals surface area contributed by atoms with E-state index in [1.165, 1.54) is 0 Å². The monoisotopic (exact) mass is 288 g/mol. The SMILES string of the molecule is C=Cc1cccc(OCc2ccccc2)c1Br. The molecule has 0 atom stereocenters. The maximum Gasteiger partial charge on any atom is 0.134 e. The summed E-state index contributed by atoms with van der Waals surface area (Å²) < 4.78 is 6.72. The van der Waals surface area contributed by atoms with Crippen LogP contribution in [0.4, 0.5) is 0 Å². The first-order chi connectivity index (χ1) is 8.31. The van der Waals surface area contributed by atoms with Crippen molar-refractivity contribution in [1.82, 2.24) is 0 Å². The molecule has 0 spiro atoms. The number of halogens is 1.